The Labute approximate surface area is 143 Å². The van der Waals surface area contributed by atoms with Crippen molar-refractivity contribution in [1.82, 2.24) is 9.88 Å². The number of aromatic nitrogens is 1. The molecule has 0 saturated carbocycles. The number of carbonyl (C=O) groups excluding carboxylic acids is 1. The predicted octanol–water partition coefficient (Wildman–Crippen LogP) is 3.28. The lowest BCUT2D eigenvalue weighted by Crippen LogP contribution is -2.41. The summed E-state index contributed by atoms with van der Waals surface area (Å²) in [6.45, 7) is 4.86. The minimum absolute atomic E-state index is 0.0526. The zero-order valence-electron chi connectivity index (χ0n) is 14.2. The average molecular weight is 323 g/mol. The number of likely N-dealkylation sites (tertiary alicyclic amines) is 1. The first-order chi connectivity index (χ1) is 11.7. The van der Waals surface area contributed by atoms with Gasteiger partial charge in [-0.15, -0.1) is 0 Å². The minimum Gasteiger partial charge on any atom is -0.310 e. The summed E-state index contributed by atoms with van der Waals surface area (Å²) in [5, 5.41) is 2.97. The third-order valence-electron chi connectivity index (χ3n) is 4.58. The van der Waals surface area contributed by atoms with Crippen molar-refractivity contribution in [3.8, 4) is 0 Å². The van der Waals surface area contributed by atoms with Gasteiger partial charge in [0.15, 0.2) is 0 Å². The number of pyridine rings is 1. The zero-order valence-corrected chi connectivity index (χ0v) is 14.2. The van der Waals surface area contributed by atoms with Gasteiger partial charge in [-0.25, -0.2) is 4.98 Å². The molecule has 2 aromatic rings. The van der Waals surface area contributed by atoms with Crippen molar-refractivity contribution < 1.29 is 4.79 Å². The highest BCUT2D eigenvalue weighted by atomic mass is 16.2. The molecule has 0 spiro atoms. The van der Waals surface area contributed by atoms with Crippen molar-refractivity contribution in [3.05, 3.63) is 59.8 Å². The number of nitrogens with zero attached hydrogens (tertiary/aromatic N) is 2. The summed E-state index contributed by atoms with van der Waals surface area (Å²) in [4.78, 5) is 19.3. The van der Waals surface area contributed by atoms with E-state index in [4.69, 9.17) is 0 Å². The molecule has 1 saturated heterocycles. The summed E-state index contributed by atoms with van der Waals surface area (Å²) >= 11 is 0. The van der Waals surface area contributed by atoms with Gasteiger partial charge in [0, 0.05) is 18.8 Å². The lowest BCUT2D eigenvalue weighted by Gasteiger charge is -2.31. The molecule has 1 N–H and O–H groups in total. The van der Waals surface area contributed by atoms with E-state index in [1.165, 1.54) is 5.56 Å². The highest BCUT2D eigenvalue weighted by Crippen LogP contribution is 2.19. The van der Waals surface area contributed by atoms with Crippen LogP contribution in [-0.2, 0) is 11.2 Å². The van der Waals surface area contributed by atoms with E-state index >= 15 is 0 Å². The molecule has 4 nitrogen and oxygen atoms in total. The molecule has 2 heterocycles. The number of benzene rings is 1. The molecule has 0 aliphatic carbocycles. The summed E-state index contributed by atoms with van der Waals surface area (Å²) in [6.07, 6.45) is 3.07. The molecule has 126 valence electrons. The first-order valence-electron chi connectivity index (χ1n) is 8.71. The molecule has 0 bridgehead atoms. The smallest absolute Gasteiger partial charge is 0.229 e. The van der Waals surface area contributed by atoms with Gasteiger partial charge in [-0.1, -0.05) is 36.4 Å². The molecule has 1 aliphatic rings. The number of nitrogens with one attached hydrogen (secondary N) is 1. The third-order valence-corrected chi connectivity index (χ3v) is 4.58. The Bertz CT molecular complexity index is 672. The van der Waals surface area contributed by atoms with Crippen LogP contribution in [0.3, 0.4) is 0 Å². The van der Waals surface area contributed by atoms with Crippen LogP contribution >= 0.6 is 0 Å². The molecule has 1 amide bonds. The Balaban J connectivity index is 1.52. The Morgan fingerprint density at radius 2 is 2.04 bits per heavy atom. The van der Waals surface area contributed by atoms with E-state index in [0.29, 0.717) is 5.82 Å². The van der Waals surface area contributed by atoms with Crippen molar-refractivity contribution >= 4 is 11.7 Å². The van der Waals surface area contributed by atoms with Gasteiger partial charge in [-0.2, -0.15) is 0 Å². The second-order valence-corrected chi connectivity index (χ2v) is 6.53. The SMILES string of the molecule is Cc1cccc(NC(=O)C2CCCN(CCc3ccccc3)C2)n1. The van der Waals surface area contributed by atoms with E-state index in [2.05, 4.69) is 39.5 Å². The number of carbonyl (C=O) groups is 1. The fourth-order valence-corrected chi connectivity index (χ4v) is 3.25. The molecule has 3 rings (SSSR count). The number of hydrogen-bond donors (Lipinski definition) is 1. The quantitative estimate of drug-likeness (QED) is 0.918. The molecule has 1 fully saturated rings. The second-order valence-electron chi connectivity index (χ2n) is 6.53. The maximum atomic E-state index is 12.5. The second kappa shape index (κ2) is 8.06. The van der Waals surface area contributed by atoms with Crippen LogP contribution < -0.4 is 5.32 Å². The van der Waals surface area contributed by atoms with Crippen molar-refractivity contribution in [3.63, 3.8) is 0 Å². The highest BCUT2D eigenvalue weighted by Gasteiger charge is 2.25. The van der Waals surface area contributed by atoms with Crippen LogP contribution in [0.1, 0.15) is 24.1 Å². The van der Waals surface area contributed by atoms with Gasteiger partial charge >= 0.3 is 0 Å². The Morgan fingerprint density at radius 3 is 2.83 bits per heavy atom. The number of rotatable bonds is 5. The summed E-state index contributed by atoms with van der Waals surface area (Å²) in [5.41, 5.74) is 2.27. The Morgan fingerprint density at radius 1 is 1.21 bits per heavy atom. The van der Waals surface area contributed by atoms with Gasteiger partial charge < -0.3 is 10.2 Å². The molecule has 4 heteroatoms. The van der Waals surface area contributed by atoms with E-state index in [9.17, 15) is 4.79 Å². The monoisotopic (exact) mass is 323 g/mol. The number of amides is 1. The lowest BCUT2D eigenvalue weighted by molar-refractivity contribution is -0.121. The van der Waals surface area contributed by atoms with Gasteiger partial charge in [-0.05, 0) is 50.4 Å². The average Bonchev–Trinajstić information content (AvgIpc) is 2.61. The fourth-order valence-electron chi connectivity index (χ4n) is 3.25. The first kappa shape index (κ1) is 16.7. The van der Waals surface area contributed by atoms with Crippen molar-refractivity contribution in [2.24, 2.45) is 5.92 Å². The molecule has 1 aliphatic heterocycles. The van der Waals surface area contributed by atoms with Crippen LogP contribution in [0, 0.1) is 12.8 Å². The van der Waals surface area contributed by atoms with E-state index in [-0.39, 0.29) is 11.8 Å². The van der Waals surface area contributed by atoms with Crippen LogP contribution in [0.15, 0.2) is 48.5 Å². The van der Waals surface area contributed by atoms with Gasteiger partial charge in [0.25, 0.3) is 0 Å². The molecule has 1 aromatic heterocycles. The van der Waals surface area contributed by atoms with Gasteiger partial charge in [0.05, 0.1) is 5.92 Å². The van der Waals surface area contributed by atoms with E-state index in [1.807, 2.05) is 31.2 Å². The predicted molar refractivity (Wildman–Crippen MR) is 96.9 cm³/mol. The Kier molecular flexibility index (Phi) is 5.59. The largest absolute Gasteiger partial charge is 0.310 e. The first-order valence-corrected chi connectivity index (χ1v) is 8.71. The van der Waals surface area contributed by atoms with Crippen molar-refractivity contribution in [2.75, 3.05) is 25.0 Å². The lowest BCUT2D eigenvalue weighted by atomic mass is 9.96. The summed E-state index contributed by atoms with van der Waals surface area (Å²) in [6, 6.07) is 16.2. The summed E-state index contributed by atoms with van der Waals surface area (Å²) < 4.78 is 0. The molecule has 1 aromatic carbocycles. The molecule has 24 heavy (non-hydrogen) atoms. The van der Waals surface area contributed by atoms with Gasteiger partial charge in [0.2, 0.25) is 5.91 Å². The maximum Gasteiger partial charge on any atom is 0.229 e. The summed E-state index contributed by atoms with van der Waals surface area (Å²) in [7, 11) is 0. The third kappa shape index (κ3) is 4.65. The molecule has 1 unspecified atom stereocenters. The molecular weight excluding hydrogens is 298 g/mol. The van der Waals surface area contributed by atoms with Crippen LogP contribution in [0.5, 0.6) is 0 Å². The van der Waals surface area contributed by atoms with Crippen molar-refractivity contribution in [1.29, 1.82) is 0 Å². The number of aryl methyl sites for hydroxylation is 1. The van der Waals surface area contributed by atoms with Crippen LogP contribution in [0.25, 0.3) is 0 Å². The van der Waals surface area contributed by atoms with E-state index in [1.54, 1.807) is 0 Å². The van der Waals surface area contributed by atoms with Crippen LogP contribution in [0.4, 0.5) is 5.82 Å². The van der Waals surface area contributed by atoms with Crippen LogP contribution in [-0.4, -0.2) is 35.4 Å². The van der Waals surface area contributed by atoms with Crippen LogP contribution in [0.2, 0.25) is 0 Å². The molecule has 1 atom stereocenters. The fraction of sp³-hybridized carbons (Fsp3) is 0.400. The van der Waals surface area contributed by atoms with E-state index < -0.39 is 0 Å². The number of piperidine rings is 1. The zero-order chi connectivity index (χ0) is 16.8. The number of hydrogen-bond acceptors (Lipinski definition) is 3. The summed E-state index contributed by atoms with van der Waals surface area (Å²) in [5.74, 6) is 0.802. The van der Waals surface area contributed by atoms with Gasteiger partial charge in [-0.3, -0.25) is 4.79 Å². The molecule has 0 radical (unpaired) electrons. The standard InChI is InChI=1S/C20H25N3O/c1-16-7-5-11-19(21-16)22-20(24)18-10-6-13-23(15-18)14-12-17-8-3-2-4-9-17/h2-5,7-9,11,18H,6,10,12-15H2,1H3,(H,21,22,24). The Hall–Kier alpha value is -2.20. The maximum absolute atomic E-state index is 12.5. The highest BCUT2D eigenvalue weighted by molar-refractivity contribution is 5.91. The minimum atomic E-state index is 0.0526. The van der Waals surface area contributed by atoms with Gasteiger partial charge in [0.1, 0.15) is 5.82 Å². The topological polar surface area (TPSA) is 45.2 Å². The normalized spacial score (nSPS) is 18.3. The van der Waals surface area contributed by atoms with Crippen molar-refractivity contribution in [2.45, 2.75) is 26.2 Å². The van der Waals surface area contributed by atoms with E-state index in [0.717, 1.165) is 44.6 Å². The number of anilines is 1. The molecular formula is C20H25N3O.